The summed E-state index contributed by atoms with van der Waals surface area (Å²) in [4.78, 5) is 15.4. The summed E-state index contributed by atoms with van der Waals surface area (Å²) >= 11 is 0. The van der Waals surface area contributed by atoms with E-state index in [9.17, 15) is 4.79 Å². The van der Waals surface area contributed by atoms with Gasteiger partial charge in [-0.25, -0.2) is 9.78 Å². The first kappa shape index (κ1) is 17.9. The summed E-state index contributed by atoms with van der Waals surface area (Å²) in [5.41, 5.74) is 2.94. The van der Waals surface area contributed by atoms with Crippen LogP contribution in [0.4, 0.5) is 0 Å². The van der Waals surface area contributed by atoms with Crippen molar-refractivity contribution in [3.8, 4) is 0 Å². The molecule has 1 aromatic heterocycles. The molecule has 0 fully saturated rings. The number of hydrogen-bond donors (Lipinski definition) is 1. The molecule has 0 bridgehead atoms. The highest BCUT2D eigenvalue weighted by Crippen LogP contribution is 2.15. The number of benzene rings is 2. The molecule has 0 saturated heterocycles. The first-order valence-corrected chi connectivity index (χ1v) is 8.48. The monoisotopic (exact) mass is 350 g/mol. The van der Waals surface area contributed by atoms with E-state index in [1.807, 2.05) is 48.8 Å². The maximum absolute atomic E-state index is 11.1. The van der Waals surface area contributed by atoms with Crippen LogP contribution in [0.1, 0.15) is 25.0 Å². The molecule has 2 aromatic carbocycles. The van der Waals surface area contributed by atoms with Crippen molar-refractivity contribution in [1.82, 2.24) is 9.55 Å². The molecule has 5 heteroatoms. The number of aliphatic carboxylic acids is 1. The first-order chi connectivity index (χ1) is 12.5. The largest absolute Gasteiger partial charge is 0.479 e. The highest BCUT2D eigenvalue weighted by Gasteiger charge is 2.27. The number of imidazole rings is 1. The number of para-hydroxylation sites is 2. The molecule has 0 unspecified atom stereocenters. The van der Waals surface area contributed by atoms with Crippen LogP contribution < -0.4 is 0 Å². The van der Waals surface area contributed by atoms with Gasteiger partial charge in [0.1, 0.15) is 0 Å². The number of ether oxygens (including phenoxy) is 1. The van der Waals surface area contributed by atoms with Gasteiger partial charge in [0.2, 0.25) is 0 Å². The lowest BCUT2D eigenvalue weighted by atomic mass is 10.1. The normalized spacial score (nSPS) is 12.1. The Hall–Kier alpha value is -2.92. The Morgan fingerprint density at radius 1 is 1.19 bits per heavy atom. The summed E-state index contributed by atoms with van der Waals surface area (Å²) in [6.45, 7) is 4.11. The summed E-state index contributed by atoms with van der Waals surface area (Å²) in [6.07, 6.45) is 5.99. The number of nitrogens with zero attached hydrogens (tertiary/aromatic N) is 2. The van der Waals surface area contributed by atoms with E-state index in [4.69, 9.17) is 9.84 Å². The van der Waals surface area contributed by atoms with Crippen LogP contribution >= 0.6 is 0 Å². The van der Waals surface area contributed by atoms with Gasteiger partial charge in [-0.15, -0.1) is 0 Å². The quantitative estimate of drug-likeness (QED) is 0.696. The van der Waals surface area contributed by atoms with Crippen LogP contribution in [0.5, 0.6) is 0 Å². The summed E-state index contributed by atoms with van der Waals surface area (Å²) in [5, 5.41) is 9.06. The minimum absolute atomic E-state index is 0.268. The van der Waals surface area contributed by atoms with Crippen molar-refractivity contribution in [2.24, 2.45) is 0 Å². The highest BCUT2D eigenvalue weighted by molar-refractivity contribution is 5.76. The SMILES string of the molecule is CC(C)(OCc1ccc(/C=C/Cn2cnc3ccccc32)cc1)C(=O)O. The smallest absolute Gasteiger partial charge is 0.335 e. The Kier molecular flexibility index (Phi) is 5.19. The summed E-state index contributed by atoms with van der Waals surface area (Å²) in [7, 11) is 0. The van der Waals surface area contributed by atoms with Gasteiger partial charge in [-0.2, -0.15) is 0 Å². The maximum Gasteiger partial charge on any atom is 0.335 e. The van der Waals surface area contributed by atoms with Gasteiger partial charge < -0.3 is 14.4 Å². The lowest BCUT2D eigenvalue weighted by Gasteiger charge is -2.20. The molecule has 1 N–H and O–H groups in total. The van der Waals surface area contributed by atoms with Gasteiger partial charge in [-0.3, -0.25) is 0 Å². The Bertz CT molecular complexity index is 924. The Balaban J connectivity index is 1.59. The van der Waals surface area contributed by atoms with Crippen molar-refractivity contribution < 1.29 is 14.6 Å². The van der Waals surface area contributed by atoms with Gasteiger partial charge in [-0.1, -0.05) is 48.6 Å². The van der Waals surface area contributed by atoms with Gasteiger partial charge in [0.25, 0.3) is 0 Å². The zero-order chi connectivity index (χ0) is 18.6. The molecule has 3 aromatic rings. The van der Waals surface area contributed by atoms with E-state index >= 15 is 0 Å². The number of rotatable bonds is 7. The maximum atomic E-state index is 11.1. The Morgan fingerprint density at radius 3 is 2.65 bits per heavy atom. The Labute approximate surface area is 152 Å². The second kappa shape index (κ2) is 7.54. The number of allylic oxidation sites excluding steroid dienone is 1. The molecule has 0 amide bonds. The van der Waals surface area contributed by atoms with E-state index in [1.54, 1.807) is 13.8 Å². The van der Waals surface area contributed by atoms with Gasteiger partial charge in [0, 0.05) is 6.54 Å². The predicted octanol–water partition coefficient (Wildman–Crippen LogP) is 4.13. The molecule has 0 aliphatic carbocycles. The molecule has 0 aliphatic heterocycles. The van der Waals surface area contributed by atoms with Gasteiger partial charge in [0.15, 0.2) is 5.60 Å². The molecule has 0 aliphatic rings. The Morgan fingerprint density at radius 2 is 1.92 bits per heavy atom. The zero-order valence-electron chi connectivity index (χ0n) is 14.9. The van der Waals surface area contributed by atoms with Crippen LogP contribution in [0.15, 0.2) is 60.9 Å². The molecule has 0 spiro atoms. The van der Waals surface area contributed by atoms with E-state index in [-0.39, 0.29) is 6.61 Å². The number of carboxylic acid groups (broad SMARTS) is 1. The summed E-state index contributed by atoms with van der Waals surface area (Å²) in [5.74, 6) is -0.968. The van der Waals surface area contributed by atoms with Crippen molar-refractivity contribution in [2.45, 2.75) is 32.6 Å². The first-order valence-electron chi connectivity index (χ1n) is 8.48. The average molecular weight is 350 g/mol. The standard InChI is InChI=1S/C21H22N2O3/c1-21(2,20(24)25)26-14-17-11-9-16(10-12-17)6-5-13-23-15-22-18-7-3-4-8-19(18)23/h3-12,15H,13-14H2,1-2H3,(H,24,25)/b6-5+. The van der Waals surface area contributed by atoms with E-state index < -0.39 is 11.6 Å². The van der Waals surface area contributed by atoms with Gasteiger partial charge >= 0.3 is 5.97 Å². The minimum atomic E-state index is -1.19. The minimum Gasteiger partial charge on any atom is -0.479 e. The highest BCUT2D eigenvalue weighted by atomic mass is 16.5. The topological polar surface area (TPSA) is 64.4 Å². The molecule has 0 radical (unpaired) electrons. The van der Waals surface area contributed by atoms with Crippen LogP contribution in [0.2, 0.25) is 0 Å². The molecule has 5 nitrogen and oxygen atoms in total. The molecule has 0 atom stereocenters. The molecular weight excluding hydrogens is 328 g/mol. The molecular formula is C21H22N2O3. The van der Waals surface area contributed by atoms with Crippen molar-refractivity contribution in [1.29, 1.82) is 0 Å². The van der Waals surface area contributed by atoms with Crippen LogP contribution in [0.25, 0.3) is 17.1 Å². The number of fused-ring (bicyclic) bond motifs is 1. The third-order valence-corrected chi connectivity index (χ3v) is 4.23. The summed E-state index contributed by atoms with van der Waals surface area (Å²) in [6, 6.07) is 15.9. The fraction of sp³-hybridized carbons (Fsp3) is 0.238. The zero-order valence-corrected chi connectivity index (χ0v) is 14.9. The van der Waals surface area contributed by atoms with Crippen molar-refractivity contribution in [3.05, 3.63) is 72.1 Å². The van der Waals surface area contributed by atoms with Crippen LogP contribution in [-0.2, 0) is 22.7 Å². The number of carboxylic acids is 1. The van der Waals surface area contributed by atoms with Crippen molar-refractivity contribution >= 4 is 23.1 Å². The van der Waals surface area contributed by atoms with E-state index in [2.05, 4.69) is 27.8 Å². The van der Waals surface area contributed by atoms with Gasteiger partial charge in [-0.05, 0) is 37.1 Å². The predicted molar refractivity (Wildman–Crippen MR) is 102 cm³/mol. The third-order valence-electron chi connectivity index (χ3n) is 4.23. The van der Waals surface area contributed by atoms with Crippen LogP contribution in [0, 0.1) is 0 Å². The van der Waals surface area contributed by atoms with Crippen LogP contribution in [-0.4, -0.2) is 26.2 Å². The molecule has 3 rings (SSSR count). The fourth-order valence-electron chi connectivity index (χ4n) is 2.51. The molecule has 134 valence electrons. The number of hydrogen-bond acceptors (Lipinski definition) is 3. The number of aromatic nitrogens is 2. The second-order valence-electron chi connectivity index (χ2n) is 6.63. The van der Waals surface area contributed by atoms with E-state index in [0.29, 0.717) is 0 Å². The molecule has 1 heterocycles. The van der Waals surface area contributed by atoms with Gasteiger partial charge in [0.05, 0.1) is 24.0 Å². The van der Waals surface area contributed by atoms with E-state index in [0.717, 1.165) is 28.7 Å². The van der Waals surface area contributed by atoms with Crippen LogP contribution in [0.3, 0.4) is 0 Å². The van der Waals surface area contributed by atoms with E-state index in [1.165, 1.54) is 0 Å². The average Bonchev–Trinajstić information content (AvgIpc) is 3.04. The summed E-state index contributed by atoms with van der Waals surface area (Å²) < 4.78 is 7.56. The lowest BCUT2D eigenvalue weighted by molar-refractivity contribution is -0.162. The second-order valence-corrected chi connectivity index (χ2v) is 6.63. The number of carbonyl (C=O) groups is 1. The fourth-order valence-corrected chi connectivity index (χ4v) is 2.51. The van der Waals surface area contributed by atoms with Crippen molar-refractivity contribution in [2.75, 3.05) is 0 Å². The van der Waals surface area contributed by atoms with Crippen molar-refractivity contribution in [3.63, 3.8) is 0 Å². The molecule has 0 saturated carbocycles. The molecule has 26 heavy (non-hydrogen) atoms. The third kappa shape index (κ3) is 4.18. The lowest BCUT2D eigenvalue weighted by Crippen LogP contribution is -2.34.